The van der Waals surface area contributed by atoms with Crippen LogP contribution >= 0.6 is 0 Å². The van der Waals surface area contributed by atoms with Crippen molar-refractivity contribution in [1.82, 2.24) is 39.7 Å². The van der Waals surface area contributed by atoms with Crippen molar-refractivity contribution in [3.05, 3.63) is 83.4 Å². The molecule has 11 heteroatoms. The lowest BCUT2D eigenvalue weighted by atomic mass is 9.91. The van der Waals surface area contributed by atoms with E-state index in [1.807, 2.05) is 60.2 Å². The Hall–Kier alpha value is -4.87. The van der Waals surface area contributed by atoms with Crippen molar-refractivity contribution >= 4 is 17.5 Å². The van der Waals surface area contributed by atoms with Crippen LogP contribution in [0.25, 0.3) is 33.6 Å². The van der Waals surface area contributed by atoms with Gasteiger partial charge in [-0.05, 0) is 74.2 Å². The fourth-order valence-electron chi connectivity index (χ4n) is 7.03. The van der Waals surface area contributed by atoms with Gasteiger partial charge in [-0.2, -0.15) is 10.2 Å². The van der Waals surface area contributed by atoms with Gasteiger partial charge in [-0.15, -0.1) is 0 Å². The fraction of sp³-hybridized carbons (Fsp3) is 0.378. The van der Waals surface area contributed by atoms with Crippen LogP contribution in [0.1, 0.15) is 46.9 Å². The van der Waals surface area contributed by atoms with Crippen LogP contribution in [0.3, 0.4) is 0 Å². The van der Waals surface area contributed by atoms with Crippen LogP contribution < -0.4 is 10.6 Å². The number of aryl methyl sites for hydroxylation is 5. The number of rotatable bonds is 9. The number of hydrogen-bond acceptors (Lipinski definition) is 8. The summed E-state index contributed by atoms with van der Waals surface area (Å²) in [7, 11) is 7.72. The molecule has 0 saturated carbocycles. The molecule has 5 aromatic rings. The molecule has 2 aromatic carbocycles. The number of carbonyl (C=O) groups excluding carboxylic acids is 1. The van der Waals surface area contributed by atoms with Crippen LogP contribution in [0, 0.1) is 0 Å². The molecule has 0 radical (unpaired) electrons. The van der Waals surface area contributed by atoms with Gasteiger partial charge in [0.15, 0.2) is 0 Å². The first-order valence-corrected chi connectivity index (χ1v) is 16.7. The van der Waals surface area contributed by atoms with Crippen LogP contribution in [0.15, 0.2) is 61.1 Å². The van der Waals surface area contributed by atoms with Gasteiger partial charge in [0.25, 0.3) is 5.91 Å². The molecule has 0 unspecified atom stereocenters. The average molecular weight is 646 g/mol. The second-order valence-corrected chi connectivity index (χ2v) is 13.0. The Bertz CT molecular complexity index is 1940. The zero-order valence-electron chi connectivity index (χ0n) is 28.3. The van der Waals surface area contributed by atoms with E-state index < -0.39 is 0 Å². The fourth-order valence-corrected chi connectivity index (χ4v) is 7.03. The molecule has 1 aliphatic heterocycles. The number of amides is 1. The number of methoxy groups -OCH3 is 1. The summed E-state index contributed by atoms with van der Waals surface area (Å²) in [6, 6.07) is 14.4. The summed E-state index contributed by atoms with van der Waals surface area (Å²) in [6.45, 7) is 3.87. The molecule has 1 saturated heterocycles. The first-order valence-electron chi connectivity index (χ1n) is 16.7. The summed E-state index contributed by atoms with van der Waals surface area (Å²) in [6.07, 6.45) is 10.1. The maximum Gasteiger partial charge on any atom is 0.251 e. The van der Waals surface area contributed by atoms with Gasteiger partial charge in [-0.25, -0.2) is 9.97 Å². The predicted molar refractivity (Wildman–Crippen MR) is 187 cm³/mol. The molecule has 11 nitrogen and oxygen atoms in total. The maximum atomic E-state index is 13.4. The number of piperidine rings is 1. The van der Waals surface area contributed by atoms with E-state index in [0.717, 1.165) is 101 Å². The van der Waals surface area contributed by atoms with Crippen LogP contribution in [0.2, 0.25) is 0 Å². The third kappa shape index (κ3) is 6.23. The lowest BCUT2D eigenvalue weighted by molar-refractivity contribution is 0.0142. The monoisotopic (exact) mass is 645 g/mol. The number of anilines is 2. The van der Waals surface area contributed by atoms with Crippen LogP contribution in [-0.4, -0.2) is 79.7 Å². The van der Waals surface area contributed by atoms with E-state index in [-0.39, 0.29) is 18.1 Å². The molecule has 2 aliphatic rings. The molecule has 4 heterocycles. The summed E-state index contributed by atoms with van der Waals surface area (Å²) < 4.78 is 9.47. The Balaban J connectivity index is 1.15. The summed E-state index contributed by atoms with van der Waals surface area (Å²) in [4.78, 5) is 25.4. The molecule has 0 spiro atoms. The van der Waals surface area contributed by atoms with Crippen molar-refractivity contribution in [2.45, 2.75) is 51.2 Å². The van der Waals surface area contributed by atoms with Gasteiger partial charge in [-0.1, -0.05) is 37.6 Å². The highest BCUT2D eigenvalue weighted by Gasteiger charge is 2.30. The number of fused-ring (bicyclic) bond motifs is 3. The molecule has 7 rings (SSSR count). The van der Waals surface area contributed by atoms with Gasteiger partial charge in [0.2, 0.25) is 5.95 Å². The molecule has 1 amide bonds. The minimum Gasteiger partial charge on any atom is -0.378 e. The van der Waals surface area contributed by atoms with Crippen LogP contribution in [0.5, 0.6) is 0 Å². The van der Waals surface area contributed by atoms with E-state index >= 15 is 0 Å². The van der Waals surface area contributed by atoms with Gasteiger partial charge in [0, 0.05) is 68.1 Å². The highest BCUT2D eigenvalue weighted by atomic mass is 16.5. The number of carbonyl (C=O) groups is 1. The smallest absolute Gasteiger partial charge is 0.251 e. The zero-order chi connectivity index (χ0) is 33.4. The molecular weight excluding hydrogens is 602 g/mol. The Labute approximate surface area is 281 Å². The summed E-state index contributed by atoms with van der Waals surface area (Å²) in [5, 5.41) is 15.9. The number of benzene rings is 2. The first-order chi connectivity index (χ1) is 23.3. The number of nitrogens with zero attached hydrogens (tertiary/aromatic N) is 7. The van der Waals surface area contributed by atoms with Gasteiger partial charge in [0.1, 0.15) is 0 Å². The largest absolute Gasteiger partial charge is 0.378 e. The number of ether oxygens (including phenoxy) is 1. The Morgan fingerprint density at radius 1 is 1.02 bits per heavy atom. The normalized spacial score (nSPS) is 17.5. The number of hydrogen-bond donors (Lipinski definition) is 2. The van der Waals surface area contributed by atoms with Gasteiger partial charge in [0.05, 0.1) is 35.4 Å². The summed E-state index contributed by atoms with van der Waals surface area (Å²) >= 11 is 0. The van der Waals surface area contributed by atoms with Crippen LogP contribution in [-0.2, 0) is 38.1 Å². The topological polar surface area (TPSA) is 115 Å². The minimum absolute atomic E-state index is 0.0172. The van der Waals surface area contributed by atoms with Crippen molar-refractivity contribution in [3.63, 3.8) is 0 Å². The molecule has 3 aromatic heterocycles. The highest BCUT2D eigenvalue weighted by molar-refractivity contribution is 5.95. The van der Waals surface area contributed by atoms with Crippen molar-refractivity contribution in [2.24, 2.45) is 14.1 Å². The van der Waals surface area contributed by atoms with Crippen molar-refractivity contribution in [1.29, 1.82) is 0 Å². The number of nitrogens with one attached hydrogen (secondary N) is 2. The minimum atomic E-state index is -0.0781. The van der Waals surface area contributed by atoms with Gasteiger partial charge in [-0.3, -0.25) is 14.2 Å². The number of aromatic nitrogens is 6. The summed E-state index contributed by atoms with van der Waals surface area (Å²) in [5.74, 6) is 0.442. The van der Waals surface area contributed by atoms with E-state index in [2.05, 4.69) is 58.9 Å². The second-order valence-electron chi connectivity index (χ2n) is 13.0. The Kier molecular flexibility index (Phi) is 8.81. The molecule has 0 bridgehead atoms. The van der Waals surface area contributed by atoms with Crippen LogP contribution in [0.4, 0.5) is 11.6 Å². The van der Waals surface area contributed by atoms with Crippen molar-refractivity contribution in [3.8, 4) is 33.6 Å². The van der Waals surface area contributed by atoms with Crippen molar-refractivity contribution < 1.29 is 9.53 Å². The highest BCUT2D eigenvalue weighted by Crippen LogP contribution is 2.40. The second kappa shape index (κ2) is 13.3. The molecule has 1 fully saturated rings. The SMILES string of the molecule is CCCc1cc(C(=O)N[C@@H]2CCN(C)C[C@H]2OC)ccc1Nc1ncc2c(n1)-c1c(nn(C)c1-c1ccc(-c3cnn(C)c3)cc1)CC2. The average Bonchev–Trinajstić information content (AvgIpc) is 3.68. The van der Waals surface area contributed by atoms with E-state index in [9.17, 15) is 4.79 Å². The van der Waals surface area contributed by atoms with E-state index in [1.54, 1.807) is 7.11 Å². The first kappa shape index (κ1) is 31.7. The van der Waals surface area contributed by atoms with E-state index in [1.165, 1.54) is 0 Å². The third-order valence-corrected chi connectivity index (χ3v) is 9.56. The molecule has 2 N–H and O–H groups in total. The maximum absolute atomic E-state index is 13.4. The van der Waals surface area contributed by atoms with E-state index in [4.69, 9.17) is 19.8 Å². The Morgan fingerprint density at radius 3 is 2.58 bits per heavy atom. The Morgan fingerprint density at radius 2 is 1.83 bits per heavy atom. The summed E-state index contributed by atoms with van der Waals surface area (Å²) in [5.41, 5.74) is 11.0. The molecule has 2 atom stereocenters. The van der Waals surface area contributed by atoms with E-state index in [0.29, 0.717) is 11.5 Å². The molecule has 248 valence electrons. The lowest BCUT2D eigenvalue weighted by Gasteiger charge is -2.36. The van der Waals surface area contributed by atoms with Crippen molar-refractivity contribution in [2.75, 3.05) is 32.6 Å². The number of likely N-dealkylation sites (tertiary alicyclic amines) is 1. The zero-order valence-corrected chi connectivity index (χ0v) is 28.3. The molecular formula is C37H43N9O2. The number of likely N-dealkylation sites (N-methyl/N-ethyl adjacent to an activating group) is 1. The van der Waals surface area contributed by atoms with Gasteiger partial charge < -0.3 is 20.3 Å². The predicted octanol–water partition coefficient (Wildman–Crippen LogP) is 5.19. The lowest BCUT2D eigenvalue weighted by Crippen LogP contribution is -2.53. The quantitative estimate of drug-likeness (QED) is 0.225. The molecule has 1 aliphatic carbocycles. The standard InChI is InChI=1S/C37H43N9O2/c1-6-7-25-18-26(36(47)40-30-16-17-44(2)22-32(30)48-5)12-14-29(25)41-37-38-19-27-13-15-31-33(34(27)42-37)35(46(4)43-31)24-10-8-23(9-11-24)28-20-39-45(3)21-28/h8-12,14,18-21,30,32H,6-7,13,15-17,22H2,1-5H3,(H,40,47)(H,38,41,42)/t30-,32-/m1/s1. The molecule has 48 heavy (non-hydrogen) atoms. The third-order valence-electron chi connectivity index (χ3n) is 9.56. The van der Waals surface area contributed by atoms with Gasteiger partial charge >= 0.3 is 0 Å².